The summed E-state index contributed by atoms with van der Waals surface area (Å²) in [6.45, 7) is 0. The van der Waals surface area contributed by atoms with E-state index in [1.54, 1.807) is 12.1 Å². The van der Waals surface area contributed by atoms with Gasteiger partial charge in [0.05, 0.1) is 11.6 Å². The van der Waals surface area contributed by atoms with Gasteiger partial charge in [-0.1, -0.05) is 42.5 Å². The van der Waals surface area contributed by atoms with Crippen LogP contribution in [0.2, 0.25) is 0 Å². The molecular weight excluding hydrogens is 332 g/mol. The van der Waals surface area contributed by atoms with E-state index in [9.17, 15) is 13.9 Å². The van der Waals surface area contributed by atoms with Crippen LogP contribution in [0, 0.1) is 11.6 Å². The van der Waals surface area contributed by atoms with Crippen molar-refractivity contribution in [2.24, 2.45) is 4.99 Å². The summed E-state index contributed by atoms with van der Waals surface area (Å²) in [5.41, 5.74) is 3.57. The number of phenols is 1. The first kappa shape index (κ1) is 16.5. The van der Waals surface area contributed by atoms with Crippen LogP contribution in [0.4, 0.5) is 8.78 Å². The van der Waals surface area contributed by atoms with E-state index in [2.05, 4.69) is 4.99 Å². The SMILES string of the molecule is Oc1ccc(-c2ccc(C3CCC(c4c(F)cccc4F)=N3)cc2)cc1. The van der Waals surface area contributed by atoms with Gasteiger partial charge >= 0.3 is 0 Å². The summed E-state index contributed by atoms with van der Waals surface area (Å²) in [4.78, 5) is 4.57. The molecule has 0 saturated carbocycles. The molecule has 3 aromatic rings. The van der Waals surface area contributed by atoms with Crippen LogP contribution in [0.3, 0.4) is 0 Å². The first-order valence-electron chi connectivity index (χ1n) is 8.52. The Kier molecular flexibility index (Phi) is 4.25. The molecule has 3 aromatic carbocycles. The lowest BCUT2D eigenvalue weighted by Gasteiger charge is -2.09. The number of halogens is 2. The molecule has 26 heavy (non-hydrogen) atoms. The second-order valence-electron chi connectivity index (χ2n) is 6.40. The molecule has 0 saturated heterocycles. The van der Waals surface area contributed by atoms with Crippen molar-refractivity contribution in [3.05, 3.63) is 89.5 Å². The molecule has 0 amide bonds. The van der Waals surface area contributed by atoms with E-state index in [0.717, 1.165) is 23.1 Å². The van der Waals surface area contributed by atoms with E-state index in [1.807, 2.05) is 36.4 Å². The van der Waals surface area contributed by atoms with Crippen molar-refractivity contribution in [3.63, 3.8) is 0 Å². The predicted octanol–water partition coefficient (Wildman–Crippen LogP) is 5.66. The van der Waals surface area contributed by atoms with Gasteiger partial charge in [-0.05, 0) is 53.8 Å². The molecule has 1 unspecified atom stereocenters. The Hall–Kier alpha value is -3.01. The zero-order valence-electron chi connectivity index (χ0n) is 14.0. The highest BCUT2D eigenvalue weighted by Crippen LogP contribution is 2.33. The molecule has 0 radical (unpaired) electrons. The van der Waals surface area contributed by atoms with Crippen LogP contribution < -0.4 is 0 Å². The summed E-state index contributed by atoms with van der Waals surface area (Å²) in [5, 5.41) is 9.38. The van der Waals surface area contributed by atoms with Crippen molar-refractivity contribution in [2.75, 3.05) is 0 Å². The van der Waals surface area contributed by atoms with E-state index >= 15 is 0 Å². The Balaban J connectivity index is 1.59. The summed E-state index contributed by atoms with van der Waals surface area (Å²) in [5.74, 6) is -0.891. The third-order valence-electron chi connectivity index (χ3n) is 4.71. The van der Waals surface area contributed by atoms with Crippen molar-refractivity contribution in [1.82, 2.24) is 0 Å². The highest BCUT2D eigenvalue weighted by molar-refractivity contribution is 6.02. The number of hydrogen-bond acceptors (Lipinski definition) is 2. The summed E-state index contributed by atoms with van der Waals surface area (Å²) >= 11 is 0. The normalized spacial score (nSPS) is 16.5. The van der Waals surface area contributed by atoms with Gasteiger partial charge < -0.3 is 5.11 Å². The second-order valence-corrected chi connectivity index (χ2v) is 6.40. The molecule has 130 valence electrons. The number of benzene rings is 3. The van der Waals surface area contributed by atoms with Gasteiger partial charge in [0.25, 0.3) is 0 Å². The standard InChI is InChI=1S/C22H17F2NO/c23-18-2-1-3-19(24)22(18)21-13-12-20(25-21)16-6-4-14(5-7-16)15-8-10-17(26)11-9-15/h1-11,20,26H,12-13H2. The topological polar surface area (TPSA) is 32.6 Å². The van der Waals surface area contributed by atoms with E-state index < -0.39 is 11.6 Å². The third kappa shape index (κ3) is 3.10. The Morgan fingerprint density at radius 1 is 0.808 bits per heavy atom. The van der Waals surface area contributed by atoms with Crippen molar-refractivity contribution in [3.8, 4) is 16.9 Å². The molecule has 2 nitrogen and oxygen atoms in total. The number of phenolic OH excluding ortho intramolecular Hbond substituents is 1. The van der Waals surface area contributed by atoms with Crippen molar-refractivity contribution < 1.29 is 13.9 Å². The van der Waals surface area contributed by atoms with Crippen LogP contribution in [-0.2, 0) is 0 Å². The van der Waals surface area contributed by atoms with Crippen molar-refractivity contribution in [2.45, 2.75) is 18.9 Å². The number of rotatable bonds is 3. The fourth-order valence-corrected chi connectivity index (χ4v) is 3.35. The smallest absolute Gasteiger partial charge is 0.135 e. The van der Waals surface area contributed by atoms with Crippen LogP contribution in [0.25, 0.3) is 11.1 Å². The minimum Gasteiger partial charge on any atom is -0.508 e. The van der Waals surface area contributed by atoms with Crippen LogP contribution in [0.1, 0.15) is 30.0 Å². The molecule has 1 atom stereocenters. The van der Waals surface area contributed by atoms with Gasteiger partial charge in [-0.3, -0.25) is 4.99 Å². The van der Waals surface area contributed by atoms with E-state index in [4.69, 9.17) is 0 Å². The van der Waals surface area contributed by atoms with Gasteiger partial charge in [0.1, 0.15) is 17.4 Å². The number of aliphatic imine (C=N–C) groups is 1. The molecule has 0 aliphatic carbocycles. The Bertz CT molecular complexity index is 942. The monoisotopic (exact) mass is 349 g/mol. The second kappa shape index (κ2) is 6.71. The van der Waals surface area contributed by atoms with Gasteiger partial charge in [0.15, 0.2) is 0 Å². The average Bonchev–Trinajstić information content (AvgIpc) is 3.12. The first-order chi connectivity index (χ1) is 12.6. The zero-order chi connectivity index (χ0) is 18.1. The molecule has 0 bridgehead atoms. The number of nitrogens with zero attached hydrogens (tertiary/aromatic N) is 1. The highest BCUT2D eigenvalue weighted by Gasteiger charge is 2.24. The molecule has 1 aliphatic rings. The number of hydrogen-bond donors (Lipinski definition) is 1. The maximum Gasteiger partial charge on any atom is 0.135 e. The van der Waals surface area contributed by atoms with Gasteiger partial charge in [-0.25, -0.2) is 8.78 Å². The van der Waals surface area contributed by atoms with Gasteiger partial charge in [0.2, 0.25) is 0 Å². The Labute approximate surface area is 150 Å². The fourth-order valence-electron chi connectivity index (χ4n) is 3.35. The largest absolute Gasteiger partial charge is 0.508 e. The van der Waals surface area contributed by atoms with Crippen LogP contribution >= 0.6 is 0 Å². The van der Waals surface area contributed by atoms with Crippen molar-refractivity contribution in [1.29, 1.82) is 0 Å². The lowest BCUT2D eigenvalue weighted by atomic mass is 9.99. The Morgan fingerprint density at radius 3 is 2.00 bits per heavy atom. The molecule has 4 rings (SSSR count). The van der Waals surface area contributed by atoms with E-state index in [1.165, 1.54) is 18.2 Å². The van der Waals surface area contributed by atoms with Gasteiger partial charge in [0, 0.05) is 5.71 Å². The quantitative estimate of drug-likeness (QED) is 0.650. The highest BCUT2D eigenvalue weighted by atomic mass is 19.1. The van der Waals surface area contributed by atoms with E-state index in [-0.39, 0.29) is 17.4 Å². The van der Waals surface area contributed by atoms with Crippen molar-refractivity contribution >= 4 is 5.71 Å². The molecular formula is C22H17F2NO. The molecule has 0 fully saturated rings. The van der Waals surface area contributed by atoms with E-state index in [0.29, 0.717) is 12.1 Å². The maximum absolute atomic E-state index is 14.0. The summed E-state index contributed by atoms with van der Waals surface area (Å²) in [7, 11) is 0. The maximum atomic E-state index is 14.0. The molecule has 1 aliphatic heterocycles. The first-order valence-corrected chi connectivity index (χ1v) is 8.52. The predicted molar refractivity (Wildman–Crippen MR) is 98.4 cm³/mol. The molecule has 0 aromatic heterocycles. The van der Waals surface area contributed by atoms with Crippen LogP contribution in [0.5, 0.6) is 5.75 Å². The summed E-state index contributed by atoms with van der Waals surface area (Å²) < 4.78 is 27.9. The number of aromatic hydroxyl groups is 1. The lowest BCUT2D eigenvalue weighted by molar-refractivity contribution is 0.475. The fraction of sp³-hybridized carbons (Fsp3) is 0.136. The molecule has 4 heteroatoms. The lowest BCUT2D eigenvalue weighted by Crippen LogP contribution is -2.03. The molecule has 1 heterocycles. The average molecular weight is 349 g/mol. The van der Waals surface area contributed by atoms with Crippen LogP contribution in [-0.4, -0.2) is 10.8 Å². The summed E-state index contributed by atoms with van der Waals surface area (Å²) in [6, 6.07) is 18.8. The van der Waals surface area contributed by atoms with Crippen LogP contribution in [0.15, 0.2) is 71.7 Å². The summed E-state index contributed by atoms with van der Waals surface area (Å²) in [6.07, 6.45) is 1.30. The minimum absolute atomic E-state index is 0.00397. The third-order valence-corrected chi connectivity index (χ3v) is 4.71. The zero-order valence-corrected chi connectivity index (χ0v) is 14.0. The molecule has 1 N–H and O–H groups in total. The molecule has 0 spiro atoms. The Morgan fingerprint density at radius 2 is 1.38 bits per heavy atom. The van der Waals surface area contributed by atoms with Gasteiger partial charge in [-0.15, -0.1) is 0 Å². The minimum atomic E-state index is -0.563. The van der Waals surface area contributed by atoms with Gasteiger partial charge in [-0.2, -0.15) is 0 Å².